The van der Waals surface area contributed by atoms with E-state index in [0.717, 1.165) is 15.9 Å². The van der Waals surface area contributed by atoms with Gasteiger partial charge in [-0.3, -0.25) is 4.79 Å². The number of carbonyl (C=O) groups excluding carboxylic acids is 1. The predicted octanol–water partition coefficient (Wildman–Crippen LogP) is 4.85. The number of benzene rings is 2. The van der Waals surface area contributed by atoms with Gasteiger partial charge in [0.05, 0.1) is 12.8 Å². The summed E-state index contributed by atoms with van der Waals surface area (Å²) in [7, 11) is 1.60. The molecular formula is C19H16BrN3O2. The molecular weight excluding hydrogens is 382 g/mol. The summed E-state index contributed by atoms with van der Waals surface area (Å²) in [6, 6.07) is 18.3. The van der Waals surface area contributed by atoms with Gasteiger partial charge >= 0.3 is 0 Å². The third-order valence-corrected chi connectivity index (χ3v) is 4.20. The Kier molecular flexibility index (Phi) is 5.30. The van der Waals surface area contributed by atoms with Crippen LogP contribution in [0.2, 0.25) is 0 Å². The van der Waals surface area contributed by atoms with Crippen molar-refractivity contribution >= 4 is 39.0 Å². The van der Waals surface area contributed by atoms with Gasteiger partial charge in [0.2, 0.25) is 0 Å². The number of nitrogens with zero attached hydrogens (tertiary/aromatic N) is 1. The van der Waals surface area contributed by atoms with Crippen molar-refractivity contribution in [3.63, 3.8) is 0 Å². The van der Waals surface area contributed by atoms with E-state index in [2.05, 4.69) is 31.5 Å². The molecule has 0 radical (unpaired) electrons. The Morgan fingerprint density at radius 1 is 1.08 bits per heavy atom. The summed E-state index contributed by atoms with van der Waals surface area (Å²) in [5, 5.41) is 6.04. The number of anilines is 3. The smallest absolute Gasteiger partial charge is 0.255 e. The van der Waals surface area contributed by atoms with E-state index in [-0.39, 0.29) is 5.91 Å². The summed E-state index contributed by atoms with van der Waals surface area (Å²) in [6.07, 6.45) is 1.60. The minimum atomic E-state index is -0.206. The fourth-order valence-corrected chi connectivity index (χ4v) is 2.60. The minimum Gasteiger partial charge on any atom is -0.497 e. The molecule has 2 N–H and O–H groups in total. The van der Waals surface area contributed by atoms with E-state index in [0.29, 0.717) is 17.1 Å². The summed E-state index contributed by atoms with van der Waals surface area (Å²) >= 11 is 3.48. The molecule has 5 nitrogen and oxygen atoms in total. The second kappa shape index (κ2) is 7.81. The van der Waals surface area contributed by atoms with Gasteiger partial charge in [-0.25, -0.2) is 4.98 Å². The number of aromatic nitrogens is 1. The van der Waals surface area contributed by atoms with Crippen LogP contribution in [0.5, 0.6) is 5.75 Å². The number of rotatable bonds is 5. The highest BCUT2D eigenvalue weighted by atomic mass is 79.9. The second-order valence-electron chi connectivity index (χ2n) is 5.22. The summed E-state index contributed by atoms with van der Waals surface area (Å²) in [5.41, 5.74) is 2.09. The lowest BCUT2D eigenvalue weighted by Gasteiger charge is -2.10. The van der Waals surface area contributed by atoms with Crippen LogP contribution < -0.4 is 15.4 Å². The van der Waals surface area contributed by atoms with E-state index in [9.17, 15) is 4.79 Å². The molecule has 0 bridgehead atoms. The van der Waals surface area contributed by atoms with Gasteiger partial charge in [0.1, 0.15) is 11.6 Å². The van der Waals surface area contributed by atoms with Crippen molar-refractivity contribution in [3.05, 3.63) is 76.9 Å². The first-order valence-electron chi connectivity index (χ1n) is 7.59. The van der Waals surface area contributed by atoms with Crippen molar-refractivity contribution < 1.29 is 9.53 Å². The van der Waals surface area contributed by atoms with Crippen molar-refractivity contribution in [2.24, 2.45) is 0 Å². The van der Waals surface area contributed by atoms with E-state index < -0.39 is 0 Å². The van der Waals surface area contributed by atoms with E-state index in [1.165, 1.54) is 0 Å². The quantitative estimate of drug-likeness (QED) is 0.645. The maximum Gasteiger partial charge on any atom is 0.255 e. The first kappa shape index (κ1) is 17.0. The molecule has 6 heteroatoms. The molecule has 0 aliphatic heterocycles. The predicted molar refractivity (Wildman–Crippen MR) is 103 cm³/mol. The molecule has 0 saturated heterocycles. The van der Waals surface area contributed by atoms with Gasteiger partial charge in [-0.2, -0.15) is 0 Å². The average Bonchev–Trinajstić information content (AvgIpc) is 2.64. The van der Waals surface area contributed by atoms with Gasteiger partial charge in [-0.1, -0.05) is 12.1 Å². The van der Waals surface area contributed by atoms with Crippen LogP contribution in [0.3, 0.4) is 0 Å². The molecule has 1 amide bonds. The summed E-state index contributed by atoms with van der Waals surface area (Å²) in [5.74, 6) is 1.12. The zero-order chi connectivity index (χ0) is 17.6. The largest absolute Gasteiger partial charge is 0.497 e. The maximum atomic E-state index is 12.4. The van der Waals surface area contributed by atoms with E-state index in [1.807, 2.05) is 24.3 Å². The molecule has 3 aromatic rings. The number of methoxy groups -OCH3 is 1. The second-order valence-corrected chi connectivity index (χ2v) is 6.07. The van der Waals surface area contributed by atoms with Crippen LogP contribution in [-0.4, -0.2) is 18.0 Å². The first-order chi connectivity index (χ1) is 12.2. The molecule has 0 atom stereocenters. The molecule has 1 heterocycles. The topological polar surface area (TPSA) is 63.2 Å². The number of carbonyl (C=O) groups is 1. The fraction of sp³-hybridized carbons (Fsp3) is 0.0526. The highest BCUT2D eigenvalue weighted by Crippen LogP contribution is 2.25. The molecule has 0 aliphatic carbocycles. The molecule has 0 aliphatic rings. The Labute approximate surface area is 154 Å². The first-order valence-corrected chi connectivity index (χ1v) is 8.38. The van der Waals surface area contributed by atoms with Crippen molar-refractivity contribution in [1.29, 1.82) is 0 Å². The number of para-hydroxylation sites is 1. The third-order valence-electron chi connectivity index (χ3n) is 3.51. The van der Waals surface area contributed by atoms with E-state index in [1.54, 1.807) is 49.7 Å². The highest BCUT2D eigenvalue weighted by Gasteiger charge is 2.08. The average molecular weight is 398 g/mol. The van der Waals surface area contributed by atoms with E-state index in [4.69, 9.17) is 4.74 Å². The standard InChI is InChI=1S/C19H16BrN3O2/c1-25-15-8-6-14(7-9-15)22-19(24)13-10-11-21-18(12-13)23-17-5-3-2-4-16(17)20/h2-12H,1H3,(H,21,23)(H,22,24). The molecule has 0 spiro atoms. The third kappa shape index (κ3) is 4.36. The summed E-state index contributed by atoms with van der Waals surface area (Å²) < 4.78 is 6.03. The van der Waals surface area contributed by atoms with Gasteiger partial charge in [0.25, 0.3) is 5.91 Å². The van der Waals surface area contributed by atoms with Crippen molar-refractivity contribution in [2.75, 3.05) is 17.7 Å². The maximum absolute atomic E-state index is 12.4. The van der Waals surface area contributed by atoms with Gasteiger partial charge in [0.15, 0.2) is 0 Å². The Hall–Kier alpha value is -2.86. The van der Waals surface area contributed by atoms with Crippen LogP contribution in [0.1, 0.15) is 10.4 Å². The lowest BCUT2D eigenvalue weighted by molar-refractivity contribution is 0.102. The molecule has 1 aromatic heterocycles. The van der Waals surface area contributed by atoms with Gasteiger partial charge in [0, 0.05) is 21.9 Å². The Bertz CT molecular complexity index is 882. The molecule has 0 unspecified atom stereocenters. The number of nitrogens with one attached hydrogen (secondary N) is 2. The number of hydrogen-bond acceptors (Lipinski definition) is 4. The Morgan fingerprint density at radius 3 is 2.56 bits per heavy atom. The minimum absolute atomic E-state index is 0.206. The Morgan fingerprint density at radius 2 is 1.84 bits per heavy atom. The van der Waals surface area contributed by atoms with E-state index >= 15 is 0 Å². The normalized spacial score (nSPS) is 10.2. The van der Waals surface area contributed by atoms with Crippen molar-refractivity contribution in [1.82, 2.24) is 4.98 Å². The summed E-state index contributed by atoms with van der Waals surface area (Å²) in [4.78, 5) is 16.7. The highest BCUT2D eigenvalue weighted by molar-refractivity contribution is 9.10. The number of halogens is 1. The van der Waals surface area contributed by atoms with Crippen LogP contribution in [-0.2, 0) is 0 Å². The fourth-order valence-electron chi connectivity index (χ4n) is 2.22. The molecule has 0 fully saturated rings. The van der Waals surface area contributed by atoms with Gasteiger partial charge in [-0.15, -0.1) is 0 Å². The van der Waals surface area contributed by atoms with Crippen LogP contribution in [0, 0.1) is 0 Å². The van der Waals surface area contributed by atoms with Crippen molar-refractivity contribution in [2.45, 2.75) is 0 Å². The van der Waals surface area contributed by atoms with Crippen LogP contribution >= 0.6 is 15.9 Å². The molecule has 2 aromatic carbocycles. The monoisotopic (exact) mass is 397 g/mol. The SMILES string of the molecule is COc1ccc(NC(=O)c2ccnc(Nc3ccccc3Br)c2)cc1. The zero-order valence-electron chi connectivity index (χ0n) is 13.5. The number of amides is 1. The lowest BCUT2D eigenvalue weighted by Crippen LogP contribution is -2.12. The van der Waals surface area contributed by atoms with Gasteiger partial charge in [-0.05, 0) is 64.5 Å². The summed E-state index contributed by atoms with van der Waals surface area (Å²) in [6.45, 7) is 0. The number of pyridine rings is 1. The lowest BCUT2D eigenvalue weighted by atomic mass is 10.2. The number of ether oxygens (including phenoxy) is 1. The van der Waals surface area contributed by atoms with Crippen molar-refractivity contribution in [3.8, 4) is 5.75 Å². The van der Waals surface area contributed by atoms with Crippen LogP contribution in [0.25, 0.3) is 0 Å². The van der Waals surface area contributed by atoms with Gasteiger partial charge < -0.3 is 15.4 Å². The Balaban J connectivity index is 1.74. The molecule has 0 saturated carbocycles. The van der Waals surface area contributed by atoms with Crippen LogP contribution in [0.4, 0.5) is 17.2 Å². The molecule has 25 heavy (non-hydrogen) atoms. The number of hydrogen-bond donors (Lipinski definition) is 2. The molecule has 126 valence electrons. The zero-order valence-corrected chi connectivity index (χ0v) is 15.1. The molecule has 3 rings (SSSR count). The van der Waals surface area contributed by atoms with Crippen LogP contribution in [0.15, 0.2) is 71.3 Å².